The van der Waals surface area contributed by atoms with Gasteiger partial charge in [-0.25, -0.2) is 0 Å². The molecule has 0 heterocycles. The molecule has 0 aliphatic rings. The quantitative estimate of drug-likeness (QED) is 0.643. The Hall–Kier alpha value is -2.00. The van der Waals surface area contributed by atoms with Crippen molar-refractivity contribution < 1.29 is 5.11 Å². The molecule has 0 amide bonds. The van der Waals surface area contributed by atoms with Crippen molar-refractivity contribution in [3.63, 3.8) is 0 Å². The van der Waals surface area contributed by atoms with E-state index in [4.69, 9.17) is 11.6 Å². The third-order valence-electron chi connectivity index (χ3n) is 2.19. The first-order chi connectivity index (χ1) is 8.27. The summed E-state index contributed by atoms with van der Waals surface area (Å²) in [5.74, 6) is 0.108. The number of aromatic hydroxyl groups is 1. The van der Waals surface area contributed by atoms with Crippen LogP contribution in [0.25, 0.3) is 0 Å². The van der Waals surface area contributed by atoms with Crippen molar-refractivity contribution in [3.8, 4) is 5.75 Å². The number of rotatable bonds is 3. The number of phenols is 1. The van der Waals surface area contributed by atoms with Crippen LogP contribution in [0.15, 0.2) is 53.6 Å². The van der Waals surface area contributed by atoms with Gasteiger partial charge in [0.1, 0.15) is 5.75 Å². The Kier molecular flexibility index (Phi) is 3.62. The van der Waals surface area contributed by atoms with Crippen LogP contribution in [0.1, 0.15) is 5.56 Å². The van der Waals surface area contributed by atoms with Crippen molar-refractivity contribution in [3.05, 3.63) is 59.1 Å². The Morgan fingerprint density at radius 1 is 1.06 bits per heavy atom. The highest BCUT2D eigenvalue weighted by Gasteiger charge is 2.02. The fraction of sp³-hybridized carbons (Fsp3) is 0. The second-order valence-corrected chi connectivity index (χ2v) is 3.82. The topological polar surface area (TPSA) is 44.6 Å². The lowest BCUT2D eigenvalue weighted by molar-refractivity contribution is 0.474. The molecule has 86 valence electrons. The van der Waals surface area contributed by atoms with E-state index in [0.717, 1.165) is 5.69 Å². The van der Waals surface area contributed by atoms with E-state index < -0.39 is 0 Å². The lowest BCUT2D eigenvalue weighted by Crippen LogP contribution is -1.91. The fourth-order valence-electron chi connectivity index (χ4n) is 1.34. The summed E-state index contributed by atoms with van der Waals surface area (Å²) in [4.78, 5) is 0. The number of hydrogen-bond donors (Lipinski definition) is 2. The van der Waals surface area contributed by atoms with Crippen LogP contribution in [-0.4, -0.2) is 11.3 Å². The molecule has 0 bridgehead atoms. The molecule has 2 aromatic carbocycles. The Morgan fingerprint density at radius 3 is 2.53 bits per heavy atom. The van der Waals surface area contributed by atoms with Crippen molar-refractivity contribution in [1.29, 1.82) is 0 Å². The molecule has 2 rings (SSSR count). The van der Waals surface area contributed by atoms with Gasteiger partial charge in [-0.15, -0.1) is 0 Å². The second kappa shape index (κ2) is 5.37. The van der Waals surface area contributed by atoms with Crippen LogP contribution in [0, 0.1) is 0 Å². The van der Waals surface area contributed by atoms with E-state index in [1.165, 1.54) is 6.21 Å². The summed E-state index contributed by atoms with van der Waals surface area (Å²) in [6.07, 6.45) is 1.49. The zero-order valence-corrected chi connectivity index (χ0v) is 9.72. The summed E-state index contributed by atoms with van der Waals surface area (Å²) < 4.78 is 0. The van der Waals surface area contributed by atoms with Crippen LogP contribution < -0.4 is 5.43 Å². The molecular weight excluding hydrogens is 236 g/mol. The lowest BCUT2D eigenvalue weighted by Gasteiger charge is -2.01. The van der Waals surface area contributed by atoms with Gasteiger partial charge in [0.15, 0.2) is 0 Å². The molecule has 0 aromatic heterocycles. The van der Waals surface area contributed by atoms with Gasteiger partial charge in [0.05, 0.1) is 22.5 Å². The molecule has 3 nitrogen and oxygen atoms in total. The maximum absolute atomic E-state index is 9.59. The number of halogens is 1. The van der Waals surface area contributed by atoms with Gasteiger partial charge in [-0.05, 0) is 24.3 Å². The van der Waals surface area contributed by atoms with Crippen molar-refractivity contribution in [1.82, 2.24) is 0 Å². The van der Waals surface area contributed by atoms with Gasteiger partial charge < -0.3 is 5.11 Å². The first-order valence-corrected chi connectivity index (χ1v) is 5.47. The molecule has 0 fully saturated rings. The summed E-state index contributed by atoms with van der Waals surface area (Å²) in [5, 5.41) is 14.1. The summed E-state index contributed by atoms with van der Waals surface area (Å²) in [6.45, 7) is 0. The molecule has 4 heteroatoms. The third-order valence-corrected chi connectivity index (χ3v) is 2.52. The van der Waals surface area contributed by atoms with Gasteiger partial charge in [0.2, 0.25) is 0 Å². The highest BCUT2D eigenvalue weighted by molar-refractivity contribution is 6.33. The minimum atomic E-state index is 0.108. The molecule has 0 aliphatic carbocycles. The highest BCUT2D eigenvalue weighted by atomic mass is 35.5. The second-order valence-electron chi connectivity index (χ2n) is 3.41. The fourth-order valence-corrected chi connectivity index (χ4v) is 1.56. The van der Waals surface area contributed by atoms with Crippen LogP contribution in [0.4, 0.5) is 5.69 Å². The molecular formula is C13H11ClN2O. The Morgan fingerprint density at radius 2 is 1.82 bits per heavy atom. The SMILES string of the molecule is Oc1cccc(Cl)c1C=NNc1ccccc1. The van der Waals surface area contributed by atoms with Gasteiger partial charge in [-0.1, -0.05) is 35.9 Å². The number of nitrogens with zero attached hydrogens (tertiary/aromatic N) is 1. The first kappa shape index (κ1) is 11.5. The van der Waals surface area contributed by atoms with E-state index in [9.17, 15) is 5.11 Å². The van der Waals surface area contributed by atoms with E-state index in [-0.39, 0.29) is 5.75 Å². The summed E-state index contributed by atoms with van der Waals surface area (Å²) in [5.41, 5.74) is 4.22. The predicted molar refractivity (Wildman–Crippen MR) is 70.8 cm³/mol. The Labute approximate surface area is 104 Å². The van der Waals surface area contributed by atoms with Crippen LogP contribution in [0.5, 0.6) is 5.75 Å². The van der Waals surface area contributed by atoms with E-state index >= 15 is 0 Å². The van der Waals surface area contributed by atoms with Gasteiger partial charge >= 0.3 is 0 Å². The first-order valence-electron chi connectivity index (χ1n) is 5.09. The maximum Gasteiger partial charge on any atom is 0.125 e. The van der Waals surface area contributed by atoms with E-state index in [1.54, 1.807) is 18.2 Å². The van der Waals surface area contributed by atoms with E-state index in [1.807, 2.05) is 30.3 Å². The average molecular weight is 247 g/mol. The molecule has 0 atom stereocenters. The molecule has 0 saturated carbocycles. The maximum atomic E-state index is 9.59. The number of anilines is 1. The third kappa shape index (κ3) is 2.98. The largest absolute Gasteiger partial charge is 0.507 e. The van der Waals surface area contributed by atoms with Crippen LogP contribution >= 0.6 is 11.6 Å². The Balaban J connectivity index is 2.11. The van der Waals surface area contributed by atoms with Gasteiger partial charge in [-0.2, -0.15) is 5.10 Å². The molecule has 2 N–H and O–H groups in total. The zero-order chi connectivity index (χ0) is 12.1. The average Bonchev–Trinajstić information content (AvgIpc) is 2.34. The molecule has 0 spiro atoms. The van der Waals surface area contributed by atoms with Gasteiger partial charge in [0, 0.05) is 0 Å². The summed E-state index contributed by atoms with van der Waals surface area (Å²) in [6, 6.07) is 14.5. The predicted octanol–water partition coefficient (Wildman–Crippen LogP) is 3.49. The summed E-state index contributed by atoms with van der Waals surface area (Å²) >= 11 is 5.93. The highest BCUT2D eigenvalue weighted by Crippen LogP contribution is 2.23. The number of benzene rings is 2. The normalized spacial score (nSPS) is 10.6. The van der Waals surface area contributed by atoms with Crippen LogP contribution in [0.2, 0.25) is 5.02 Å². The molecule has 17 heavy (non-hydrogen) atoms. The smallest absolute Gasteiger partial charge is 0.125 e. The van der Waals surface area contributed by atoms with Crippen molar-refractivity contribution >= 4 is 23.5 Å². The van der Waals surface area contributed by atoms with Crippen molar-refractivity contribution in [2.75, 3.05) is 5.43 Å². The van der Waals surface area contributed by atoms with E-state index in [2.05, 4.69) is 10.5 Å². The number of hydrogen-bond acceptors (Lipinski definition) is 3. The summed E-state index contributed by atoms with van der Waals surface area (Å²) in [7, 11) is 0. The Bertz CT molecular complexity index is 506. The molecule has 0 radical (unpaired) electrons. The van der Waals surface area contributed by atoms with Crippen molar-refractivity contribution in [2.45, 2.75) is 0 Å². The molecule has 2 aromatic rings. The van der Waals surface area contributed by atoms with Gasteiger partial charge in [0.25, 0.3) is 0 Å². The number of hydrazone groups is 1. The minimum absolute atomic E-state index is 0.108. The molecule has 0 unspecified atom stereocenters. The lowest BCUT2D eigenvalue weighted by atomic mass is 10.2. The van der Waals surface area contributed by atoms with Crippen LogP contribution in [-0.2, 0) is 0 Å². The van der Waals surface area contributed by atoms with E-state index in [0.29, 0.717) is 10.6 Å². The molecule has 0 saturated heterocycles. The number of phenolic OH excluding ortho intramolecular Hbond substituents is 1. The minimum Gasteiger partial charge on any atom is -0.507 e. The molecule has 0 aliphatic heterocycles. The monoisotopic (exact) mass is 246 g/mol. The zero-order valence-electron chi connectivity index (χ0n) is 8.97. The number of para-hydroxylation sites is 1. The standard InChI is InChI=1S/C13H11ClN2O/c14-12-7-4-8-13(17)11(12)9-15-16-10-5-2-1-3-6-10/h1-9,16-17H. The van der Waals surface area contributed by atoms with Crippen LogP contribution in [0.3, 0.4) is 0 Å². The number of nitrogens with one attached hydrogen (secondary N) is 1. The van der Waals surface area contributed by atoms with Crippen molar-refractivity contribution in [2.24, 2.45) is 5.10 Å². The van der Waals surface area contributed by atoms with Gasteiger partial charge in [-0.3, -0.25) is 5.43 Å².